The van der Waals surface area contributed by atoms with Gasteiger partial charge in [0.2, 0.25) is 0 Å². The van der Waals surface area contributed by atoms with Crippen LogP contribution in [-0.2, 0) is 17.8 Å². The number of anilines is 1. The molecular formula is C26H20BrN3O2S. The molecule has 0 bridgehead atoms. The molecule has 0 amide bonds. The van der Waals surface area contributed by atoms with Crippen molar-refractivity contribution < 1.29 is 9.53 Å². The summed E-state index contributed by atoms with van der Waals surface area (Å²) in [5, 5.41) is 5.49. The molecule has 0 saturated heterocycles. The lowest BCUT2D eigenvalue weighted by atomic mass is 10.1. The molecule has 164 valence electrons. The molecule has 0 fully saturated rings. The topological polar surface area (TPSA) is 55.6 Å². The van der Waals surface area contributed by atoms with Crippen LogP contribution in [0.25, 0.3) is 16.9 Å². The van der Waals surface area contributed by atoms with Gasteiger partial charge in [0.1, 0.15) is 22.9 Å². The smallest absolute Gasteiger partial charge is 0.316 e. The van der Waals surface area contributed by atoms with Gasteiger partial charge in [-0.25, -0.2) is 4.98 Å². The summed E-state index contributed by atoms with van der Waals surface area (Å²) >= 11 is 5.10. The minimum absolute atomic E-state index is 0.239. The first kappa shape index (κ1) is 21.4. The van der Waals surface area contributed by atoms with E-state index in [2.05, 4.69) is 33.4 Å². The summed E-state index contributed by atoms with van der Waals surface area (Å²) in [6.07, 6.45) is 2.22. The largest absolute Gasteiger partial charge is 0.426 e. The first-order valence-electron chi connectivity index (χ1n) is 10.5. The van der Waals surface area contributed by atoms with Crippen molar-refractivity contribution in [3.05, 3.63) is 105 Å². The Morgan fingerprint density at radius 1 is 1.00 bits per heavy atom. The van der Waals surface area contributed by atoms with Gasteiger partial charge in [0.15, 0.2) is 0 Å². The number of para-hydroxylation sites is 1. The zero-order valence-corrected chi connectivity index (χ0v) is 20.0. The van der Waals surface area contributed by atoms with Crippen LogP contribution in [0, 0.1) is 0 Å². The van der Waals surface area contributed by atoms with Crippen molar-refractivity contribution in [2.75, 3.05) is 5.32 Å². The molecule has 0 aliphatic rings. The van der Waals surface area contributed by atoms with Crippen molar-refractivity contribution in [2.24, 2.45) is 0 Å². The van der Waals surface area contributed by atoms with Crippen LogP contribution in [0.15, 0.2) is 94.9 Å². The number of nitrogens with one attached hydrogen (secondary N) is 1. The predicted molar refractivity (Wildman–Crippen MR) is 136 cm³/mol. The van der Waals surface area contributed by atoms with Crippen LogP contribution in [0.4, 0.5) is 5.82 Å². The minimum Gasteiger partial charge on any atom is -0.426 e. The molecule has 0 aliphatic heterocycles. The molecule has 5 nitrogen and oxygen atoms in total. The van der Waals surface area contributed by atoms with Crippen LogP contribution in [0.5, 0.6) is 5.75 Å². The third-order valence-electron chi connectivity index (χ3n) is 5.15. The average Bonchev–Trinajstić information content (AvgIpc) is 3.46. The van der Waals surface area contributed by atoms with Gasteiger partial charge in [-0.3, -0.25) is 9.20 Å². The second kappa shape index (κ2) is 9.60. The number of pyridine rings is 1. The molecule has 0 spiro atoms. The number of fused-ring (bicyclic) bond motifs is 1. The van der Waals surface area contributed by atoms with Crippen molar-refractivity contribution in [1.29, 1.82) is 0 Å². The summed E-state index contributed by atoms with van der Waals surface area (Å²) in [5.74, 6) is 1.02. The molecular weight excluding hydrogens is 498 g/mol. The van der Waals surface area contributed by atoms with Gasteiger partial charge in [0, 0.05) is 27.7 Å². The standard InChI is InChI=1S/C26H20BrN3O2S/c27-19-12-13-23-29-25(26(30(23)17-19)28-16-18-7-2-1-3-8-18)21-10-4-5-11-22(21)32-24(31)15-20-9-6-14-33-20/h1-14,17,28H,15-16H2. The summed E-state index contributed by atoms with van der Waals surface area (Å²) in [6.45, 7) is 0.633. The number of rotatable bonds is 7. The normalized spacial score (nSPS) is 10.9. The highest BCUT2D eigenvalue weighted by molar-refractivity contribution is 9.10. The van der Waals surface area contributed by atoms with Crippen molar-refractivity contribution in [2.45, 2.75) is 13.0 Å². The van der Waals surface area contributed by atoms with Crippen molar-refractivity contribution >= 4 is 44.7 Å². The Morgan fingerprint density at radius 2 is 1.82 bits per heavy atom. The van der Waals surface area contributed by atoms with E-state index in [1.54, 1.807) is 11.3 Å². The lowest BCUT2D eigenvalue weighted by Crippen LogP contribution is -2.11. The van der Waals surface area contributed by atoms with Crippen LogP contribution in [0.3, 0.4) is 0 Å². The Bertz CT molecular complexity index is 1400. The Labute approximate surface area is 203 Å². The molecule has 5 rings (SSSR count). The van der Waals surface area contributed by atoms with Crippen LogP contribution >= 0.6 is 27.3 Å². The van der Waals surface area contributed by atoms with E-state index < -0.39 is 0 Å². The molecule has 3 aromatic heterocycles. The van der Waals surface area contributed by atoms with Gasteiger partial charge in [-0.1, -0.05) is 48.5 Å². The quantitative estimate of drug-likeness (QED) is 0.195. The molecule has 5 aromatic rings. The highest BCUT2D eigenvalue weighted by atomic mass is 79.9. The van der Waals surface area contributed by atoms with E-state index in [0.29, 0.717) is 12.3 Å². The summed E-state index contributed by atoms with van der Waals surface area (Å²) in [5.41, 5.74) is 3.43. The molecule has 7 heteroatoms. The van der Waals surface area contributed by atoms with Gasteiger partial charge in [-0.15, -0.1) is 11.3 Å². The van der Waals surface area contributed by atoms with Crippen LogP contribution in [-0.4, -0.2) is 15.4 Å². The van der Waals surface area contributed by atoms with Gasteiger partial charge in [-0.05, 0) is 57.2 Å². The lowest BCUT2D eigenvalue weighted by Gasteiger charge is -2.12. The fraction of sp³-hybridized carbons (Fsp3) is 0.0769. The lowest BCUT2D eigenvalue weighted by molar-refractivity contribution is -0.133. The number of imidazole rings is 1. The fourth-order valence-corrected chi connectivity index (χ4v) is 4.65. The number of aromatic nitrogens is 2. The first-order chi connectivity index (χ1) is 16.2. The van der Waals surface area contributed by atoms with Gasteiger partial charge < -0.3 is 10.1 Å². The number of halogens is 1. The SMILES string of the molecule is O=C(Cc1cccs1)Oc1ccccc1-c1nc2ccc(Br)cn2c1NCc1ccccc1. The second-order valence-electron chi connectivity index (χ2n) is 7.45. The maximum atomic E-state index is 12.6. The van der Waals surface area contributed by atoms with E-state index in [9.17, 15) is 4.79 Å². The summed E-state index contributed by atoms with van der Waals surface area (Å²) < 4.78 is 8.74. The number of benzene rings is 2. The molecule has 0 saturated carbocycles. The second-order valence-corrected chi connectivity index (χ2v) is 9.40. The van der Waals surface area contributed by atoms with Gasteiger partial charge in [0.05, 0.1) is 6.42 Å². The Kier molecular flexibility index (Phi) is 6.24. The van der Waals surface area contributed by atoms with Crippen LogP contribution in [0.1, 0.15) is 10.4 Å². The van der Waals surface area contributed by atoms with E-state index in [1.807, 2.05) is 82.7 Å². The fourth-order valence-electron chi connectivity index (χ4n) is 3.62. The molecule has 0 aliphatic carbocycles. The van der Waals surface area contributed by atoms with Crippen molar-refractivity contribution in [3.8, 4) is 17.0 Å². The molecule has 0 radical (unpaired) electrons. The van der Waals surface area contributed by atoms with E-state index in [0.717, 1.165) is 37.6 Å². The van der Waals surface area contributed by atoms with E-state index in [-0.39, 0.29) is 12.4 Å². The Morgan fingerprint density at radius 3 is 2.64 bits per heavy atom. The Balaban J connectivity index is 1.52. The van der Waals surface area contributed by atoms with Crippen LogP contribution in [0.2, 0.25) is 0 Å². The maximum absolute atomic E-state index is 12.6. The summed E-state index contributed by atoms with van der Waals surface area (Å²) in [4.78, 5) is 18.5. The predicted octanol–water partition coefficient (Wildman–Crippen LogP) is 6.59. The molecule has 0 atom stereocenters. The number of nitrogens with zero attached hydrogens (tertiary/aromatic N) is 2. The number of hydrogen-bond acceptors (Lipinski definition) is 5. The first-order valence-corrected chi connectivity index (χ1v) is 12.1. The van der Waals surface area contributed by atoms with E-state index >= 15 is 0 Å². The molecule has 33 heavy (non-hydrogen) atoms. The summed E-state index contributed by atoms with van der Waals surface area (Å²) in [7, 11) is 0. The van der Waals surface area contributed by atoms with Gasteiger partial charge >= 0.3 is 5.97 Å². The van der Waals surface area contributed by atoms with Gasteiger partial charge in [-0.2, -0.15) is 0 Å². The maximum Gasteiger partial charge on any atom is 0.316 e. The monoisotopic (exact) mass is 517 g/mol. The van der Waals surface area contributed by atoms with Gasteiger partial charge in [0.25, 0.3) is 0 Å². The number of thiophene rings is 1. The zero-order chi connectivity index (χ0) is 22.6. The number of ether oxygens (including phenoxy) is 1. The van der Waals surface area contributed by atoms with E-state index in [4.69, 9.17) is 9.72 Å². The zero-order valence-electron chi connectivity index (χ0n) is 17.6. The Hall–Kier alpha value is -3.42. The number of carbonyl (C=O) groups is 1. The van der Waals surface area contributed by atoms with E-state index in [1.165, 1.54) is 0 Å². The third-order valence-corrected chi connectivity index (χ3v) is 6.50. The van der Waals surface area contributed by atoms with Crippen molar-refractivity contribution in [3.63, 3.8) is 0 Å². The van der Waals surface area contributed by atoms with Crippen molar-refractivity contribution in [1.82, 2.24) is 9.38 Å². The highest BCUT2D eigenvalue weighted by Gasteiger charge is 2.19. The highest BCUT2D eigenvalue weighted by Crippen LogP contribution is 2.36. The minimum atomic E-state index is -0.296. The number of esters is 1. The molecule has 1 N–H and O–H groups in total. The number of hydrogen-bond donors (Lipinski definition) is 1. The summed E-state index contributed by atoms with van der Waals surface area (Å²) in [6, 6.07) is 25.5. The average molecular weight is 518 g/mol. The number of carbonyl (C=O) groups excluding carboxylic acids is 1. The molecule has 3 heterocycles. The molecule has 0 unspecified atom stereocenters. The third kappa shape index (κ3) is 4.84. The van der Waals surface area contributed by atoms with Crippen LogP contribution < -0.4 is 10.1 Å². The molecule has 2 aromatic carbocycles.